The number of nitro benzene ring substituents is 1. The van der Waals surface area contributed by atoms with Gasteiger partial charge in [0.2, 0.25) is 0 Å². The average molecular weight is 775 g/mol. The third kappa shape index (κ3) is 7.32. The van der Waals surface area contributed by atoms with Crippen molar-refractivity contribution in [2.24, 2.45) is 0 Å². The van der Waals surface area contributed by atoms with Gasteiger partial charge in [0.05, 0.1) is 0 Å². The van der Waals surface area contributed by atoms with Crippen LogP contribution in [0.2, 0.25) is 0 Å². The average Bonchev–Trinajstić information content (AvgIpc) is 3.87. The maximum atomic E-state index is 10.9. The van der Waals surface area contributed by atoms with Gasteiger partial charge in [-0.25, -0.2) is 28.8 Å². The summed E-state index contributed by atoms with van der Waals surface area (Å²) in [4.78, 5) is 14.8. The molecule has 0 atom stereocenters. The van der Waals surface area contributed by atoms with Crippen molar-refractivity contribution in [3.05, 3.63) is 133 Å². The minimum Gasteiger partial charge on any atom is -0.870 e. The first kappa shape index (κ1) is 37.2. The second-order valence-electron chi connectivity index (χ2n) is 9.22. The number of non-ortho nitro benzene ring substituents is 1. The summed E-state index contributed by atoms with van der Waals surface area (Å²) in [7, 11) is -6.09. The van der Waals surface area contributed by atoms with Gasteiger partial charge in [-0.05, 0) is 71.4 Å². The summed E-state index contributed by atoms with van der Waals surface area (Å²) in [6.07, 6.45) is 16.1. The van der Waals surface area contributed by atoms with E-state index in [9.17, 15) is 23.3 Å². The van der Waals surface area contributed by atoms with Gasteiger partial charge in [0.25, 0.3) is 0 Å². The van der Waals surface area contributed by atoms with Crippen LogP contribution in [0.15, 0.2) is 116 Å². The van der Waals surface area contributed by atoms with Crippen molar-refractivity contribution in [3.8, 4) is 0 Å². The standard InChI is InChI=1S/C13H7N2O2.C12H12BN8.CHF3O3S.H2O.Pd/c16-15(17)12-5-1-4-11-10(12)7-6-9-3-2-8-14-13(9)11;1-5-14-18(9-1)13(19-10-2-6-15-19,20-11-3-7-16-20)21-12-4-8-17-21;2-1(3,4)8(5,6)7;;/h1-3,5-8H;1-12H;(H,5,6,7);1H2;/q2*-1;;;/p-2. The molecule has 5 heterocycles. The number of fused-ring (bicyclic) bond motifs is 3. The number of nitro groups is 1. The Balaban J connectivity index is 0.000000210. The van der Waals surface area contributed by atoms with Crippen LogP contribution in [0.1, 0.15) is 0 Å². The molecule has 7 rings (SSSR count). The van der Waals surface area contributed by atoms with Crippen molar-refractivity contribution < 1.29 is 57.0 Å². The molecule has 0 aliphatic rings. The zero-order valence-corrected chi connectivity index (χ0v) is 26.2. The molecule has 0 bridgehead atoms. The number of rotatable bonds is 5. The van der Waals surface area contributed by atoms with Crippen LogP contribution in [-0.4, -0.2) is 79.3 Å². The topological polar surface area (TPSA) is 215 Å². The molecule has 0 unspecified atom stereocenters. The third-order valence-corrected chi connectivity index (χ3v) is 7.09. The van der Waals surface area contributed by atoms with E-state index >= 15 is 0 Å². The molecule has 0 aliphatic carbocycles. The maximum absolute atomic E-state index is 10.9. The molecule has 2 aromatic carbocycles. The Morgan fingerprint density at radius 3 is 1.60 bits per heavy atom. The van der Waals surface area contributed by atoms with Crippen LogP contribution in [0.5, 0.6) is 0 Å². The summed E-state index contributed by atoms with van der Waals surface area (Å²) < 4.78 is 66.2. The first-order chi connectivity index (χ1) is 21.9. The van der Waals surface area contributed by atoms with Crippen LogP contribution in [0.25, 0.3) is 21.7 Å². The summed E-state index contributed by atoms with van der Waals surface area (Å²) in [6.45, 7) is -1.83. The van der Waals surface area contributed by atoms with Gasteiger partial charge < -0.3 is 33.4 Å². The van der Waals surface area contributed by atoms with Crippen molar-refractivity contribution in [3.63, 3.8) is 0 Å². The van der Waals surface area contributed by atoms with E-state index in [1.165, 1.54) is 6.07 Å². The summed E-state index contributed by atoms with van der Waals surface area (Å²) in [6, 6.07) is 20.9. The molecule has 0 aliphatic heterocycles. The number of aromatic nitrogens is 9. The normalized spacial score (nSPS) is 11.3. The molecule has 0 fully saturated rings. The predicted octanol–water partition coefficient (Wildman–Crippen LogP) is 3.37. The van der Waals surface area contributed by atoms with Crippen LogP contribution < -0.4 is 0 Å². The van der Waals surface area contributed by atoms with Gasteiger partial charge in [-0.1, -0.05) is 24.3 Å². The Labute approximate surface area is 282 Å². The van der Waals surface area contributed by atoms with Crippen LogP contribution >= 0.6 is 0 Å². The maximum Gasteiger partial charge on any atom is 0.485 e. The van der Waals surface area contributed by atoms with E-state index in [0.29, 0.717) is 10.8 Å². The molecule has 0 spiro atoms. The first-order valence-electron chi connectivity index (χ1n) is 12.9. The van der Waals surface area contributed by atoms with E-state index < -0.39 is 22.3 Å². The molecular formula is C26H20BF3N10O6PdS-4. The number of benzene rings is 2. The molecule has 7 aromatic rings. The Morgan fingerprint density at radius 1 is 0.771 bits per heavy atom. The predicted molar refractivity (Wildman–Crippen MR) is 159 cm³/mol. The van der Waals surface area contributed by atoms with Crippen molar-refractivity contribution >= 4 is 44.2 Å². The summed E-state index contributed by atoms with van der Waals surface area (Å²) in [5.74, 6) is 0. The second kappa shape index (κ2) is 15.1. The fourth-order valence-corrected chi connectivity index (χ4v) is 4.63. The Hall–Kier alpha value is -5.26. The van der Waals surface area contributed by atoms with E-state index in [1.807, 2.05) is 85.6 Å². The van der Waals surface area contributed by atoms with Crippen LogP contribution in [0.4, 0.5) is 18.9 Å². The molecular weight excluding hydrogens is 755 g/mol. The Kier molecular flexibility index (Phi) is 11.7. The quantitative estimate of drug-likeness (QED) is 0.0470. The van der Waals surface area contributed by atoms with Gasteiger partial charge in [-0.15, -0.1) is 17.5 Å². The number of nitrogens with zero attached hydrogens (tertiary/aromatic N) is 10. The zero-order chi connectivity index (χ0) is 33.0. The Morgan fingerprint density at radius 2 is 1.23 bits per heavy atom. The zero-order valence-electron chi connectivity index (χ0n) is 23.9. The number of pyridine rings is 1. The molecule has 5 aromatic heterocycles. The Bertz CT molecular complexity index is 2030. The summed E-state index contributed by atoms with van der Waals surface area (Å²) in [5, 5.41) is 30.8. The van der Waals surface area contributed by atoms with Crippen molar-refractivity contribution in [2.45, 2.75) is 5.51 Å². The van der Waals surface area contributed by atoms with Gasteiger partial charge in [-0.2, -0.15) is 13.2 Å². The van der Waals surface area contributed by atoms with E-state index in [4.69, 9.17) is 13.0 Å². The van der Waals surface area contributed by atoms with E-state index in [1.54, 1.807) is 43.1 Å². The molecule has 16 nitrogen and oxygen atoms in total. The number of hydrogen-bond donors (Lipinski definition) is 0. The number of halogens is 3. The molecule has 0 saturated heterocycles. The SMILES string of the molecule is O=S(=O)([O-])C(F)(F)F.O=[N+]([O-])c1cc[c-]c2c1ccc1cccnc12.[OH-].[Pd].c1cnn([B-](n2cccn2)(n2cccn2)n2cccn2)c1. The largest absolute Gasteiger partial charge is 0.870 e. The fourth-order valence-electron chi connectivity index (χ4n) is 4.63. The first-order valence-corrected chi connectivity index (χ1v) is 14.3. The van der Waals surface area contributed by atoms with E-state index in [2.05, 4.69) is 31.4 Å². The molecule has 48 heavy (non-hydrogen) atoms. The minimum atomic E-state index is -6.09. The minimum absolute atomic E-state index is 0. The van der Waals surface area contributed by atoms with Gasteiger partial charge in [0.15, 0.2) is 15.8 Å². The van der Waals surface area contributed by atoms with E-state index in [0.717, 1.165) is 10.9 Å². The van der Waals surface area contributed by atoms with E-state index in [-0.39, 0.29) is 36.5 Å². The molecule has 22 heteroatoms. The van der Waals surface area contributed by atoms with Crippen LogP contribution in [0, 0.1) is 16.2 Å². The van der Waals surface area contributed by atoms with Crippen LogP contribution in [0.3, 0.4) is 0 Å². The third-order valence-electron chi connectivity index (χ3n) is 6.52. The molecule has 0 radical (unpaired) electrons. The fraction of sp³-hybridized carbons (Fsp3) is 0.0385. The second-order valence-corrected chi connectivity index (χ2v) is 10.6. The van der Waals surface area contributed by atoms with Gasteiger partial charge >= 0.3 is 12.2 Å². The monoisotopic (exact) mass is 774 g/mol. The van der Waals surface area contributed by atoms with Crippen molar-refractivity contribution in [1.82, 2.24) is 43.7 Å². The summed E-state index contributed by atoms with van der Waals surface area (Å²) >= 11 is 0. The van der Waals surface area contributed by atoms with Gasteiger partial charge in [0, 0.05) is 56.3 Å². The molecule has 1 N–H and O–H groups in total. The number of hydrogen-bond acceptors (Lipinski definition) is 11. The molecule has 254 valence electrons. The summed E-state index contributed by atoms with van der Waals surface area (Å²) in [5.41, 5.74) is -4.81. The molecule has 0 saturated carbocycles. The van der Waals surface area contributed by atoms with Gasteiger partial charge in [-0.3, -0.25) is 10.1 Å². The van der Waals surface area contributed by atoms with Crippen molar-refractivity contribution in [2.75, 3.05) is 0 Å². The number of alkyl halides is 3. The van der Waals surface area contributed by atoms with Crippen LogP contribution in [-0.2, 0) is 30.5 Å². The smallest absolute Gasteiger partial charge is 0.485 e. The van der Waals surface area contributed by atoms with Gasteiger partial charge in [0.1, 0.15) is 0 Å². The van der Waals surface area contributed by atoms with Crippen molar-refractivity contribution in [1.29, 1.82) is 0 Å². The molecule has 0 amide bonds.